The van der Waals surface area contributed by atoms with Crippen LogP contribution in [0.15, 0.2) is 74.5 Å². The standard InChI is InChI=1S/C44H50F4N2O16S4/c1-43(2,3)31-25-28(65-34-24-27(13-15-30(31)34)49(20-21-64-5)18-8-22-67(52,53)54)10-6-11-35-44(4,32-26-29(69(58,59)60)14-16-33(32)50(35)19-9-23-68(55,56)57)17-7-12-36(51)66-41-37(45)39(47)42(70(61,62)63)40(48)38(41)46/h6,10-11,13-16,24-26H,7-9,12,17-23H2,1-5H3,(H3-,52,53,54,55,56,57,58,59,60,61,62,63)/p+1. The molecule has 2 aromatic rings. The molecular formula is C44H51F4N2O16S4+. The van der Waals surface area contributed by atoms with Gasteiger partial charge < -0.3 is 18.8 Å². The van der Waals surface area contributed by atoms with Gasteiger partial charge in [0.05, 0.1) is 22.5 Å². The smallest absolute Gasteiger partial charge is 0.311 e. The van der Waals surface area contributed by atoms with E-state index in [1.54, 1.807) is 36.1 Å². The molecule has 2 heterocycles. The van der Waals surface area contributed by atoms with E-state index in [9.17, 15) is 69.7 Å². The Kier molecular flexibility index (Phi) is 17.0. The Labute approximate surface area is 402 Å². The van der Waals surface area contributed by atoms with Crippen LogP contribution in [0.4, 0.5) is 23.2 Å². The molecule has 384 valence electrons. The van der Waals surface area contributed by atoms with Crippen LogP contribution < -0.4 is 19.6 Å². The summed E-state index contributed by atoms with van der Waals surface area (Å²) in [6.45, 7) is 8.35. The molecule has 0 amide bonds. The predicted molar refractivity (Wildman–Crippen MR) is 247 cm³/mol. The average molecular weight is 1070 g/mol. The second kappa shape index (κ2) is 21.3. The largest absolute Gasteiger partial charge is 0.456 e. The monoisotopic (exact) mass is 1070 g/mol. The first-order valence-corrected chi connectivity index (χ1v) is 27.2. The molecule has 2 aliphatic heterocycles. The molecule has 0 bridgehead atoms. The summed E-state index contributed by atoms with van der Waals surface area (Å²) in [5.74, 6) is -13.8. The number of benzene rings is 3. The first kappa shape index (κ1) is 55.9. The fourth-order valence-corrected chi connectivity index (χ4v) is 10.2. The number of ether oxygens (including phenoxy) is 2. The van der Waals surface area contributed by atoms with Gasteiger partial charge in [0.1, 0.15) is 24.7 Å². The number of methoxy groups -OCH3 is 1. The van der Waals surface area contributed by atoms with Gasteiger partial charge in [0.2, 0.25) is 22.7 Å². The summed E-state index contributed by atoms with van der Waals surface area (Å²) in [5.41, 5.74) is 0.687. The van der Waals surface area contributed by atoms with E-state index < -0.39 is 114 Å². The van der Waals surface area contributed by atoms with Gasteiger partial charge >= 0.3 is 16.1 Å². The summed E-state index contributed by atoms with van der Waals surface area (Å²) in [7, 11) is -17.8. The highest BCUT2D eigenvalue weighted by Crippen LogP contribution is 2.51. The van der Waals surface area contributed by atoms with Crippen molar-refractivity contribution in [3.63, 3.8) is 0 Å². The molecule has 5 rings (SSSR count). The molecule has 4 N–H and O–H groups in total. The van der Waals surface area contributed by atoms with E-state index in [4.69, 9.17) is 13.7 Å². The Morgan fingerprint density at radius 3 is 2.01 bits per heavy atom. The van der Waals surface area contributed by atoms with Crippen LogP contribution in [0.1, 0.15) is 76.7 Å². The van der Waals surface area contributed by atoms with Crippen LogP contribution >= 0.6 is 0 Å². The molecule has 0 aromatic heterocycles. The Morgan fingerprint density at radius 1 is 0.814 bits per heavy atom. The van der Waals surface area contributed by atoms with Crippen molar-refractivity contribution in [1.82, 2.24) is 4.58 Å². The maximum atomic E-state index is 14.7. The van der Waals surface area contributed by atoms with Crippen molar-refractivity contribution in [2.45, 2.75) is 80.4 Å². The maximum Gasteiger partial charge on any atom is 0.311 e. The zero-order valence-electron chi connectivity index (χ0n) is 38.3. The van der Waals surface area contributed by atoms with Crippen LogP contribution in [-0.4, -0.2) is 103 Å². The molecule has 1 aliphatic carbocycles. The number of carbonyl (C=O) groups excluding carboxylic acids is 1. The Hall–Kier alpha value is -5.06. The van der Waals surface area contributed by atoms with Crippen LogP contribution in [0.3, 0.4) is 0 Å². The minimum atomic E-state index is -5.81. The van der Waals surface area contributed by atoms with Crippen molar-refractivity contribution in [3.05, 3.63) is 106 Å². The van der Waals surface area contributed by atoms with Crippen LogP contribution in [0.25, 0.3) is 17.4 Å². The molecule has 1 atom stereocenters. The zero-order chi connectivity index (χ0) is 52.4. The molecule has 0 fully saturated rings. The minimum absolute atomic E-state index is 0.105. The minimum Gasteiger partial charge on any atom is -0.456 e. The normalized spacial score (nSPS) is 16.9. The molecular weight excluding hydrogens is 1020 g/mol. The molecule has 70 heavy (non-hydrogen) atoms. The highest BCUT2D eigenvalue weighted by molar-refractivity contribution is 7.86. The lowest BCUT2D eigenvalue weighted by Crippen LogP contribution is -2.34. The number of hydrogen-bond acceptors (Lipinski definition) is 13. The topological polar surface area (TPSA) is 272 Å². The molecule has 18 nitrogen and oxygen atoms in total. The zero-order valence-corrected chi connectivity index (χ0v) is 41.5. The van der Waals surface area contributed by atoms with Gasteiger partial charge in [-0.2, -0.15) is 42.5 Å². The number of esters is 1. The number of allylic oxidation sites excluding steroid dienone is 3. The summed E-state index contributed by atoms with van der Waals surface area (Å²) in [6, 6.07) is 10.9. The molecule has 0 saturated heterocycles. The van der Waals surface area contributed by atoms with Gasteiger partial charge in [-0.3, -0.25) is 23.0 Å². The first-order chi connectivity index (χ1) is 32.3. The van der Waals surface area contributed by atoms with Gasteiger partial charge in [-0.05, 0) is 85.2 Å². The van der Waals surface area contributed by atoms with Gasteiger partial charge in [0.25, 0.3) is 30.4 Å². The average Bonchev–Trinajstić information content (AvgIpc) is 3.46. The summed E-state index contributed by atoms with van der Waals surface area (Å²) in [4.78, 5) is 11.7. The third-order valence-electron chi connectivity index (χ3n) is 11.4. The maximum absolute atomic E-state index is 14.7. The van der Waals surface area contributed by atoms with Gasteiger partial charge in [-0.1, -0.05) is 26.8 Å². The van der Waals surface area contributed by atoms with Gasteiger partial charge in [-0.25, -0.2) is 13.4 Å². The van der Waals surface area contributed by atoms with Crippen LogP contribution in [0, 0.1) is 23.3 Å². The second-order valence-corrected chi connectivity index (χ2v) is 23.4. The van der Waals surface area contributed by atoms with E-state index in [-0.39, 0.29) is 44.3 Å². The van der Waals surface area contributed by atoms with Crippen molar-refractivity contribution >= 4 is 58.2 Å². The molecule has 2 aromatic carbocycles. The van der Waals surface area contributed by atoms with E-state index in [0.29, 0.717) is 41.4 Å². The van der Waals surface area contributed by atoms with Crippen LogP contribution in [0.5, 0.6) is 5.75 Å². The fraction of sp³-hybridized carbons (Fsp3) is 0.409. The summed E-state index contributed by atoms with van der Waals surface area (Å²) >= 11 is 0. The molecule has 26 heteroatoms. The van der Waals surface area contributed by atoms with E-state index in [1.807, 2.05) is 43.5 Å². The lowest BCUT2D eigenvalue weighted by Gasteiger charge is -2.30. The highest BCUT2D eigenvalue weighted by Gasteiger charge is 2.44. The van der Waals surface area contributed by atoms with Crippen molar-refractivity contribution in [2.75, 3.05) is 49.8 Å². The SMILES string of the molecule is COCC[N+](CCCS(=O)(=O)O)=c1ccc2c(C(C)(C)C)cc(/C=C/C=C3/N(CCCS(=O)(=O)O)c4ccc(S(=O)(=O)O)cc4C3(C)CCCC(=O)Oc3c(F)c(F)c(S(=O)(=O)O)c(F)c3F)oc-2c1. The van der Waals surface area contributed by atoms with E-state index in [0.717, 1.165) is 23.3 Å². The van der Waals surface area contributed by atoms with Gasteiger partial charge in [0, 0.05) is 54.9 Å². The fourth-order valence-electron chi connectivity index (χ4n) is 8.10. The van der Waals surface area contributed by atoms with Gasteiger partial charge in [0.15, 0.2) is 23.1 Å². The number of anilines is 1. The number of nitrogens with zero attached hydrogens (tertiary/aromatic N) is 2. The quantitative estimate of drug-likeness (QED) is 0.0193. The summed E-state index contributed by atoms with van der Waals surface area (Å²) in [5, 5.41) is 0.657. The number of fused-ring (bicyclic) bond motifs is 2. The number of hydrogen-bond donors (Lipinski definition) is 4. The molecule has 3 aliphatic rings. The van der Waals surface area contributed by atoms with Crippen molar-refractivity contribution in [1.29, 1.82) is 0 Å². The third kappa shape index (κ3) is 13.5. The number of rotatable bonds is 20. The highest BCUT2D eigenvalue weighted by atomic mass is 32.2. The van der Waals surface area contributed by atoms with Crippen LogP contribution in [0.2, 0.25) is 0 Å². The van der Waals surface area contributed by atoms with Crippen molar-refractivity contribution < 1.29 is 88.1 Å². The summed E-state index contributed by atoms with van der Waals surface area (Å²) < 4.78 is 209. The lowest BCUT2D eigenvalue weighted by molar-refractivity contribution is -0.135. The molecule has 0 saturated carbocycles. The van der Waals surface area contributed by atoms with Crippen molar-refractivity contribution in [2.24, 2.45) is 0 Å². The molecule has 0 radical (unpaired) electrons. The Balaban J connectivity index is 1.61. The number of carbonyl (C=O) groups is 1. The Morgan fingerprint density at radius 2 is 1.44 bits per heavy atom. The second-order valence-electron chi connectivity index (χ2n) is 17.5. The summed E-state index contributed by atoms with van der Waals surface area (Å²) in [6.07, 6.45) is 3.55. The predicted octanol–water partition coefficient (Wildman–Crippen LogP) is 6.16. The van der Waals surface area contributed by atoms with Crippen molar-refractivity contribution in [3.8, 4) is 17.1 Å². The van der Waals surface area contributed by atoms with E-state index in [1.165, 1.54) is 13.2 Å². The molecule has 1 unspecified atom stereocenters. The van der Waals surface area contributed by atoms with E-state index in [2.05, 4.69) is 4.74 Å². The molecule has 0 spiro atoms. The van der Waals surface area contributed by atoms with Crippen LogP contribution in [-0.2, 0) is 60.8 Å². The van der Waals surface area contributed by atoms with E-state index >= 15 is 0 Å². The number of halogens is 4. The first-order valence-electron chi connectivity index (χ1n) is 21.1. The Bertz CT molecular complexity index is 3210. The van der Waals surface area contributed by atoms with Gasteiger partial charge in [-0.15, -0.1) is 0 Å². The third-order valence-corrected chi connectivity index (χ3v) is 14.7. The lowest BCUT2D eigenvalue weighted by atomic mass is 9.77.